The minimum Gasteiger partial charge on any atom is -0.320 e. The van der Waals surface area contributed by atoms with Gasteiger partial charge in [0.2, 0.25) is 0 Å². The second-order valence-corrected chi connectivity index (χ2v) is 5.58. The zero-order valence-electron chi connectivity index (χ0n) is 7.78. The first-order chi connectivity index (χ1) is 7.18. The van der Waals surface area contributed by atoms with Crippen LogP contribution in [0.3, 0.4) is 0 Å². The second kappa shape index (κ2) is 4.82. The first kappa shape index (κ1) is 11.4. The van der Waals surface area contributed by atoms with E-state index in [2.05, 4.69) is 28.0 Å². The average Bonchev–Trinajstić information content (AvgIpc) is 2.74. The quantitative estimate of drug-likeness (QED) is 0.813. The Kier molecular flexibility index (Phi) is 3.66. The molecule has 2 rings (SSSR count). The van der Waals surface area contributed by atoms with Crippen LogP contribution < -0.4 is 5.73 Å². The Balaban J connectivity index is 2.41. The van der Waals surface area contributed by atoms with Gasteiger partial charge in [0.05, 0.1) is 6.04 Å². The van der Waals surface area contributed by atoms with Crippen molar-refractivity contribution in [2.24, 2.45) is 5.73 Å². The van der Waals surface area contributed by atoms with E-state index in [9.17, 15) is 0 Å². The highest BCUT2D eigenvalue weighted by molar-refractivity contribution is 14.1. The van der Waals surface area contributed by atoms with Crippen LogP contribution in [0.4, 0.5) is 0 Å². The van der Waals surface area contributed by atoms with E-state index < -0.39 is 0 Å². The van der Waals surface area contributed by atoms with Gasteiger partial charge in [-0.05, 0) is 68.7 Å². The van der Waals surface area contributed by atoms with Crippen LogP contribution in [0.2, 0.25) is 5.02 Å². The predicted octanol–water partition coefficient (Wildman–Crippen LogP) is 4.05. The summed E-state index contributed by atoms with van der Waals surface area (Å²) in [5.41, 5.74) is 8.40. The van der Waals surface area contributed by atoms with Gasteiger partial charge in [-0.1, -0.05) is 11.6 Å². The van der Waals surface area contributed by atoms with Crippen molar-refractivity contribution < 1.29 is 0 Å². The smallest absolute Gasteiger partial charge is 0.0570 e. The molecule has 2 N–H and O–H groups in total. The van der Waals surface area contributed by atoms with Crippen molar-refractivity contribution >= 4 is 45.5 Å². The standard InChI is InChI=1S/C11H9ClINS/c12-8-1-2-10(13)9(5-8)11(14)7-3-4-15-6-7/h1-6,11H,14H2. The number of thiophene rings is 1. The maximum absolute atomic E-state index is 6.17. The number of benzene rings is 1. The van der Waals surface area contributed by atoms with Gasteiger partial charge in [-0.25, -0.2) is 0 Å². The number of halogens is 2. The van der Waals surface area contributed by atoms with E-state index in [0.717, 1.165) is 19.7 Å². The molecule has 0 fully saturated rings. The van der Waals surface area contributed by atoms with Crippen molar-refractivity contribution in [2.75, 3.05) is 0 Å². The van der Waals surface area contributed by atoms with E-state index in [1.165, 1.54) is 0 Å². The molecule has 0 saturated carbocycles. The molecule has 15 heavy (non-hydrogen) atoms. The van der Waals surface area contributed by atoms with Gasteiger partial charge in [-0.3, -0.25) is 0 Å². The van der Waals surface area contributed by atoms with E-state index in [1.807, 2.05) is 29.6 Å². The normalized spacial score (nSPS) is 12.7. The van der Waals surface area contributed by atoms with Crippen molar-refractivity contribution in [3.63, 3.8) is 0 Å². The van der Waals surface area contributed by atoms with Crippen LogP contribution in [0.5, 0.6) is 0 Å². The summed E-state index contributed by atoms with van der Waals surface area (Å²) in [6, 6.07) is 7.78. The van der Waals surface area contributed by atoms with Crippen LogP contribution in [0, 0.1) is 3.57 Å². The maximum Gasteiger partial charge on any atom is 0.0570 e. The van der Waals surface area contributed by atoms with Gasteiger partial charge < -0.3 is 5.73 Å². The lowest BCUT2D eigenvalue weighted by molar-refractivity contribution is 0.870. The summed E-state index contributed by atoms with van der Waals surface area (Å²) in [6.45, 7) is 0. The Hall–Kier alpha value is -0.100. The third-order valence-electron chi connectivity index (χ3n) is 2.20. The van der Waals surface area contributed by atoms with E-state index in [0.29, 0.717) is 0 Å². The highest BCUT2D eigenvalue weighted by Gasteiger charge is 2.12. The molecule has 0 aliphatic heterocycles. The average molecular weight is 350 g/mol. The molecule has 1 unspecified atom stereocenters. The molecule has 1 aromatic heterocycles. The predicted molar refractivity (Wildman–Crippen MR) is 74.5 cm³/mol. The van der Waals surface area contributed by atoms with E-state index in [-0.39, 0.29) is 6.04 Å². The summed E-state index contributed by atoms with van der Waals surface area (Å²) in [7, 11) is 0. The summed E-state index contributed by atoms with van der Waals surface area (Å²) in [5.74, 6) is 0. The first-order valence-electron chi connectivity index (χ1n) is 4.41. The molecular formula is C11H9ClINS. The molecule has 0 bridgehead atoms. The third kappa shape index (κ3) is 2.53. The molecule has 2 aromatic rings. The van der Waals surface area contributed by atoms with Gasteiger partial charge in [0, 0.05) is 8.59 Å². The lowest BCUT2D eigenvalue weighted by Gasteiger charge is -2.12. The van der Waals surface area contributed by atoms with Crippen LogP contribution in [-0.4, -0.2) is 0 Å². The molecule has 0 aliphatic rings. The maximum atomic E-state index is 6.17. The minimum atomic E-state index is -0.0816. The number of rotatable bonds is 2. The van der Waals surface area contributed by atoms with Crippen LogP contribution in [0.1, 0.15) is 17.2 Å². The topological polar surface area (TPSA) is 26.0 Å². The second-order valence-electron chi connectivity index (χ2n) is 3.20. The zero-order valence-corrected chi connectivity index (χ0v) is 11.5. The van der Waals surface area contributed by atoms with Crippen LogP contribution in [-0.2, 0) is 0 Å². The Morgan fingerprint density at radius 1 is 1.33 bits per heavy atom. The molecule has 1 nitrogen and oxygen atoms in total. The molecule has 1 heterocycles. The van der Waals surface area contributed by atoms with Crippen molar-refractivity contribution in [2.45, 2.75) is 6.04 Å². The number of nitrogens with two attached hydrogens (primary N) is 1. The van der Waals surface area contributed by atoms with Gasteiger partial charge in [0.15, 0.2) is 0 Å². The fourth-order valence-corrected chi connectivity index (χ4v) is 2.93. The lowest BCUT2D eigenvalue weighted by atomic mass is 10.0. The third-order valence-corrected chi connectivity index (χ3v) is 4.11. The Bertz CT molecular complexity index is 456. The van der Waals surface area contributed by atoms with Crippen molar-refractivity contribution in [1.29, 1.82) is 0 Å². The van der Waals surface area contributed by atoms with Crippen molar-refractivity contribution in [3.8, 4) is 0 Å². The highest BCUT2D eigenvalue weighted by atomic mass is 127. The van der Waals surface area contributed by atoms with Gasteiger partial charge in [-0.15, -0.1) is 0 Å². The van der Waals surface area contributed by atoms with Gasteiger partial charge >= 0.3 is 0 Å². The molecule has 78 valence electrons. The van der Waals surface area contributed by atoms with E-state index in [1.54, 1.807) is 11.3 Å². The van der Waals surface area contributed by atoms with Crippen LogP contribution in [0.15, 0.2) is 35.0 Å². The summed E-state index contributed by atoms with van der Waals surface area (Å²) in [5, 5.41) is 4.84. The number of hydrogen-bond donors (Lipinski definition) is 1. The fourth-order valence-electron chi connectivity index (χ4n) is 1.38. The monoisotopic (exact) mass is 349 g/mol. The summed E-state index contributed by atoms with van der Waals surface area (Å²) in [4.78, 5) is 0. The summed E-state index contributed by atoms with van der Waals surface area (Å²) >= 11 is 9.91. The van der Waals surface area contributed by atoms with E-state index in [4.69, 9.17) is 17.3 Å². The molecule has 0 aliphatic carbocycles. The Morgan fingerprint density at radius 3 is 2.80 bits per heavy atom. The van der Waals surface area contributed by atoms with Crippen LogP contribution in [0.25, 0.3) is 0 Å². The zero-order chi connectivity index (χ0) is 10.8. The molecule has 4 heteroatoms. The molecule has 1 aromatic carbocycles. The Labute approximate surface area is 111 Å². The highest BCUT2D eigenvalue weighted by Crippen LogP contribution is 2.27. The SMILES string of the molecule is NC(c1ccsc1)c1cc(Cl)ccc1I. The van der Waals surface area contributed by atoms with Crippen molar-refractivity contribution in [3.05, 3.63) is 54.7 Å². The first-order valence-corrected chi connectivity index (χ1v) is 6.81. The van der Waals surface area contributed by atoms with Crippen LogP contribution >= 0.6 is 45.5 Å². The molecule has 0 amide bonds. The van der Waals surface area contributed by atoms with E-state index >= 15 is 0 Å². The lowest BCUT2D eigenvalue weighted by Crippen LogP contribution is -2.12. The van der Waals surface area contributed by atoms with Gasteiger partial charge in [-0.2, -0.15) is 11.3 Å². The molecular weight excluding hydrogens is 341 g/mol. The molecule has 0 spiro atoms. The minimum absolute atomic E-state index is 0.0816. The molecule has 0 radical (unpaired) electrons. The summed E-state index contributed by atoms with van der Waals surface area (Å²) < 4.78 is 1.15. The molecule has 1 atom stereocenters. The fraction of sp³-hybridized carbons (Fsp3) is 0.0909. The molecule has 0 saturated heterocycles. The van der Waals surface area contributed by atoms with Gasteiger partial charge in [0.25, 0.3) is 0 Å². The number of hydrogen-bond acceptors (Lipinski definition) is 2. The Morgan fingerprint density at radius 2 is 2.13 bits per heavy atom. The van der Waals surface area contributed by atoms with Gasteiger partial charge in [0.1, 0.15) is 0 Å². The largest absolute Gasteiger partial charge is 0.320 e. The summed E-state index contributed by atoms with van der Waals surface area (Å²) in [6.07, 6.45) is 0. The van der Waals surface area contributed by atoms with Crippen molar-refractivity contribution in [1.82, 2.24) is 0 Å².